The Balaban J connectivity index is 1.85. The van der Waals surface area contributed by atoms with Crippen molar-refractivity contribution in [2.75, 3.05) is 13.1 Å². The number of carbonyl (C=O) groups excluding carboxylic acids is 1. The van der Waals surface area contributed by atoms with E-state index in [2.05, 4.69) is 4.98 Å². The quantitative estimate of drug-likeness (QED) is 0.696. The molecule has 1 aromatic heterocycles. The van der Waals surface area contributed by atoms with Crippen LogP contribution in [-0.2, 0) is 21.4 Å². The van der Waals surface area contributed by atoms with Crippen molar-refractivity contribution in [1.82, 2.24) is 14.2 Å². The second-order valence-electron chi connectivity index (χ2n) is 7.72. The van der Waals surface area contributed by atoms with Gasteiger partial charge < -0.3 is 4.90 Å². The number of rotatable bonds is 6. The largest absolute Gasteiger partial charge is 0.334 e. The summed E-state index contributed by atoms with van der Waals surface area (Å²) in [6.45, 7) is 4.29. The zero-order valence-electron chi connectivity index (χ0n) is 17.0. The summed E-state index contributed by atoms with van der Waals surface area (Å²) in [6.07, 6.45) is 4.54. The molecule has 1 aromatic carbocycles. The molecule has 1 unspecified atom stereocenters. The van der Waals surface area contributed by atoms with Crippen molar-refractivity contribution in [3.63, 3.8) is 0 Å². The average molecular weight is 438 g/mol. The Morgan fingerprint density at radius 2 is 2.03 bits per heavy atom. The molecule has 2 heterocycles. The number of hydrogen-bond acceptors (Lipinski definition) is 4. The molecule has 1 aliphatic heterocycles. The summed E-state index contributed by atoms with van der Waals surface area (Å²) in [7, 11) is -4.01. The molecule has 3 rings (SSSR count). The van der Waals surface area contributed by atoms with Crippen molar-refractivity contribution in [2.45, 2.75) is 44.2 Å². The van der Waals surface area contributed by atoms with Crippen LogP contribution < -0.4 is 0 Å². The third kappa shape index (κ3) is 4.84. The minimum absolute atomic E-state index is 0.0732. The third-order valence-electron chi connectivity index (χ3n) is 5.18. The molecule has 0 aliphatic carbocycles. The molecule has 2 aromatic rings. The zero-order valence-corrected chi connectivity index (χ0v) is 17.8. The van der Waals surface area contributed by atoms with E-state index in [1.54, 1.807) is 37.2 Å². The molecule has 6 nitrogen and oxygen atoms in total. The van der Waals surface area contributed by atoms with Crippen LogP contribution >= 0.6 is 0 Å². The first kappa shape index (κ1) is 22.3. The molecule has 0 bridgehead atoms. The molecule has 0 N–H and O–H groups in total. The van der Waals surface area contributed by atoms with Crippen molar-refractivity contribution in [3.05, 3.63) is 59.9 Å². The van der Waals surface area contributed by atoms with Gasteiger partial charge in [-0.05, 0) is 42.7 Å². The summed E-state index contributed by atoms with van der Waals surface area (Å²) in [5.41, 5.74) is 0.854. The fourth-order valence-electron chi connectivity index (χ4n) is 3.59. The van der Waals surface area contributed by atoms with Crippen LogP contribution in [0.5, 0.6) is 0 Å². The van der Waals surface area contributed by atoms with Crippen molar-refractivity contribution >= 4 is 15.9 Å². The smallest absolute Gasteiger partial charge is 0.243 e. The molecule has 9 heteroatoms. The summed E-state index contributed by atoms with van der Waals surface area (Å²) < 4.78 is 54.1. The molecule has 1 amide bonds. The molecule has 1 saturated heterocycles. The van der Waals surface area contributed by atoms with Gasteiger partial charge >= 0.3 is 0 Å². The van der Waals surface area contributed by atoms with E-state index >= 15 is 0 Å². The fourth-order valence-corrected chi connectivity index (χ4v) is 5.12. The van der Waals surface area contributed by atoms with Gasteiger partial charge in [0.1, 0.15) is 0 Å². The minimum Gasteiger partial charge on any atom is -0.334 e. The highest BCUT2D eigenvalue weighted by Gasteiger charge is 2.35. The minimum atomic E-state index is -4.01. The Labute approximate surface area is 175 Å². The molecule has 1 fully saturated rings. The Kier molecular flexibility index (Phi) is 6.82. The van der Waals surface area contributed by atoms with Gasteiger partial charge in [0.05, 0.1) is 4.90 Å². The van der Waals surface area contributed by atoms with E-state index in [0.717, 1.165) is 17.7 Å². The number of nitrogens with zero attached hydrogens (tertiary/aromatic N) is 3. The van der Waals surface area contributed by atoms with E-state index in [9.17, 15) is 22.0 Å². The lowest BCUT2D eigenvalue weighted by atomic mass is 10.0. The number of halogens is 2. The Morgan fingerprint density at radius 1 is 1.27 bits per heavy atom. The molecule has 162 valence electrons. The second-order valence-corrected chi connectivity index (χ2v) is 9.66. The van der Waals surface area contributed by atoms with Gasteiger partial charge in [0, 0.05) is 44.0 Å². The normalized spacial score (nSPS) is 17.8. The highest BCUT2D eigenvalue weighted by atomic mass is 32.2. The standard InChI is InChI=1S/C21H25F2N3O3S/c1-15(2)21(27)26(13-16-5-3-9-24-12-16)17-6-4-10-25(14-17)30(28,29)18-7-8-19(22)20(23)11-18/h3,5,7-9,11-12,15,17H,4,6,10,13-14H2,1-2H3. The lowest BCUT2D eigenvalue weighted by molar-refractivity contribution is -0.138. The van der Waals surface area contributed by atoms with Crippen molar-refractivity contribution in [3.8, 4) is 0 Å². The molecule has 30 heavy (non-hydrogen) atoms. The van der Waals surface area contributed by atoms with Gasteiger partial charge in [0.25, 0.3) is 0 Å². The Hall–Kier alpha value is -2.39. The maximum Gasteiger partial charge on any atom is 0.243 e. The van der Waals surface area contributed by atoms with Crippen LogP contribution in [0.15, 0.2) is 47.6 Å². The molecular weight excluding hydrogens is 412 g/mol. The first-order chi connectivity index (χ1) is 14.2. The van der Waals surface area contributed by atoms with Crippen LogP contribution in [0, 0.1) is 17.6 Å². The van der Waals surface area contributed by atoms with E-state index in [1.807, 2.05) is 6.07 Å². The first-order valence-corrected chi connectivity index (χ1v) is 11.3. The van der Waals surface area contributed by atoms with Gasteiger partial charge in [0.15, 0.2) is 11.6 Å². The van der Waals surface area contributed by atoms with Crippen LogP contribution in [0.1, 0.15) is 32.3 Å². The lowest BCUT2D eigenvalue weighted by Gasteiger charge is -2.39. The first-order valence-electron chi connectivity index (χ1n) is 9.84. The lowest BCUT2D eigenvalue weighted by Crippen LogP contribution is -2.52. The van der Waals surface area contributed by atoms with E-state index in [1.165, 1.54) is 4.31 Å². The van der Waals surface area contributed by atoms with E-state index in [0.29, 0.717) is 25.5 Å². The number of benzene rings is 1. The number of amides is 1. The maximum absolute atomic E-state index is 13.6. The Morgan fingerprint density at radius 3 is 2.67 bits per heavy atom. The number of aromatic nitrogens is 1. The summed E-state index contributed by atoms with van der Waals surface area (Å²) in [5, 5.41) is 0. The number of carbonyl (C=O) groups is 1. The van der Waals surface area contributed by atoms with E-state index in [-0.39, 0.29) is 35.9 Å². The van der Waals surface area contributed by atoms with Crippen LogP contribution in [0.4, 0.5) is 8.78 Å². The van der Waals surface area contributed by atoms with Gasteiger partial charge in [-0.25, -0.2) is 17.2 Å². The van der Waals surface area contributed by atoms with Crippen LogP contribution in [0.2, 0.25) is 0 Å². The van der Waals surface area contributed by atoms with Crippen molar-refractivity contribution in [2.24, 2.45) is 5.92 Å². The summed E-state index contributed by atoms with van der Waals surface area (Å²) in [6, 6.07) is 5.89. The highest BCUT2D eigenvalue weighted by molar-refractivity contribution is 7.89. The van der Waals surface area contributed by atoms with Gasteiger partial charge in [0.2, 0.25) is 15.9 Å². The van der Waals surface area contributed by atoms with Crippen molar-refractivity contribution < 1.29 is 22.0 Å². The number of piperidine rings is 1. The predicted octanol–water partition coefficient (Wildman–Crippen LogP) is 3.20. The van der Waals surface area contributed by atoms with E-state index in [4.69, 9.17) is 0 Å². The topological polar surface area (TPSA) is 70.6 Å². The second kappa shape index (κ2) is 9.18. The fraction of sp³-hybridized carbons (Fsp3) is 0.429. The molecular formula is C21H25F2N3O3S. The molecule has 0 spiro atoms. The van der Waals surface area contributed by atoms with Gasteiger partial charge in [-0.15, -0.1) is 0 Å². The van der Waals surface area contributed by atoms with Crippen LogP contribution in [0.3, 0.4) is 0 Å². The predicted molar refractivity (Wildman–Crippen MR) is 108 cm³/mol. The molecule has 1 aliphatic rings. The number of hydrogen-bond donors (Lipinski definition) is 0. The maximum atomic E-state index is 13.6. The Bertz CT molecular complexity index is 1000. The van der Waals surface area contributed by atoms with Crippen LogP contribution in [-0.4, -0.2) is 47.6 Å². The number of sulfonamides is 1. The zero-order chi connectivity index (χ0) is 21.9. The van der Waals surface area contributed by atoms with Gasteiger partial charge in [-0.1, -0.05) is 19.9 Å². The monoisotopic (exact) mass is 437 g/mol. The molecule has 0 radical (unpaired) electrons. The molecule has 0 saturated carbocycles. The van der Waals surface area contributed by atoms with Crippen LogP contribution in [0.25, 0.3) is 0 Å². The average Bonchev–Trinajstić information content (AvgIpc) is 2.74. The van der Waals surface area contributed by atoms with Gasteiger partial charge in [-0.2, -0.15) is 4.31 Å². The summed E-state index contributed by atoms with van der Waals surface area (Å²) >= 11 is 0. The molecule has 1 atom stereocenters. The SMILES string of the molecule is CC(C)C(=O)N(Cc1cccnc1)C1CCCN(S(=O)(=O)c2ccc(F)c(F)c2)C1. The number of pyridine rings is 1. The highest BCUT2D eigenvalue weighted by Crippen LogP contribution is 2.26. The van der Waals surface area contributed by atoms with Crippen molar-refractivity contribution in [1.29, 1.82) is 0 Å². The van der Waals surface area contributed by atoms with Gasteiger partial charge in [-0.3, -0.25) is 9.78 Å². The summed E-state index contributed by atoms with van der Waals surface area (Å²) in [5.74, 6) is -2.63. The summed E-state index contributed by atoms with van der Waals surface area (Å²) in [4.78, 5) is 18.4. The third-order valence-corrected chi connectivity index (χ3v) is 7.04. The van der Waals surface area contributed by atoms with E-state index < -0.39 is 21.7 Å².